The highest BCUT2D eigenvalue weighted by Crippen LogP contribution is 2.41. The number of phenols is 1. The highest BCUT2D eigenvalue weighted by atomic mass is 32.2. The molecule has 0 aliphatic carbocycles. The zero-order chi connectivity index (χ0) is 45.4. The van der Waals surface area contributed by atoms with Gasteiger partial charge in [0, 0.05) is 93.3 Å². The Balaban J connectivity index is 0.731. The molecule has 9 rings (SSSR count). The number of nitrogens with zero attached hydrogens (tertiary/aromatic N) is 4. The van der Waals surface area contributed by atoms with Gasteiger partial charge in [-0.25, -0.2) is 8.42 Å². The van der Waals surface area contributed by atoms with Crippen molar-refractivity contribution in [2.24, 2.45) is 11.8 Å². The summed E-state index contributed by atoms with van der Waals surface area (Å²) in [6.07, 6.45) is 3.91. The first-order valence-corrected chi connectivity index (χ1v) is 24.6. The largest absolute Gasteiger partial charge is 0.508 e. The Morgan fingerprint density at radius 3 is 2.31 bits per heavy atom. The Morgan fingerprint density at radius 1 is 0.815 bits per heavy atom. The maximum absolute atomic E-state index is 13.4. The van der Waals surface area contributed by atoms with E-state index in [2.05, 4.69) is 39.9 Å². The Hall–Kier alpha value is -5.96. The lowest BCUT2D eigenvalue weighted by molar-refractivity contribution is -0.136. The number of aromatic hydroxyl groups is 1. The average Bonchev–Trinajstić information content (AvgIpc) is 3.62. The molecular formula is C51H57N5O8S. The summed E-state index contributed by atoms with van der Waals surface area (Å²) >= 11 is 0. The summed E-state index contributed by atoms with van der Waals surface area (Å²) in [5, 5.41) is 14.2. The lowest BCUT2D eigenvalue weighted by Gasteiger charge is -2.43. The van der Waals surface area contributed by atoms with Gasteiger partial charge in [0.05, 0.1) is 11.5 Å². The molecule has 2 unspecified atom stereocenters. The third-order valence-electron chi connectivity index (χ3n) is 13.9. The quantitative estimate of drug-likeness (QED) is 0.117. The van der Waals surface area contributed by atoms with Gasteiger partial charge < -0.3 is 24.4 Å². The minimum atomic E-state index is -3.34. The van der Waals surface area contributed by atoms with E-state index in [0.717, 1.165) is 97.6 Å². The highest BCUT2D eigenvalue weighted by Gasteiger charge is 2.39. The predicted molar refractivity (Wildman–Crippen MR) is 250 cm³/mol. The van der Waals surface area contributed by atoms with Gasteiger partial charge in [0.15, 0.2) is 9.84 Å². The van der Waals surface area contributed by atoms with Crippen molar-refractivity contribution in [2.45, 2.75) is 63.1 Å². The number of rotatable bonds is 13. The van der Waals surface area contributed by atoms with Crippen molar-refractivity contribution in [3.8, 4) is 34.1 Å². The zero-order valence-corrected chi connectivity index (χ0v) is 38.1. The SMILES string of the molecule is C[C@@H]1CN(CCN2CCN(c3ccc4c(c3)C(=O)N(C3CCC(=O)NC3=O)C4)CC2)[C@H](C)CC1CCOc1ccc(Oc2c(-c3ccc(S(C)(=O)=O)cc3)ccc3cc(O)ccc23)cc1. The lowest BCUT2D eigenvalue weighted by Crippen LogP contribution is -2.52. The molecule has 0 radical (unpaired) electrons. The van der Waals surface area contributed by atoms with Gasteiger partial charge in [-0.2, -0.15) is 0 Å². The molecule has 13 nitrogen and oxygen atoms in total. The first-order chi connectivity index (χ1) is 31.3. The molecule has 65 heavy (non-hydrogen) atoms. The van der Waals surface area contributed by atoms with Crippen molar-refractivity contribution in [3.63, 3.8) is 0 Å². The summed E-state index contributed by atoms with van der Waals surface area (Å²) in [6, 6.07) is 29.3. The number of phenolic OH excluding ortho intramolecular Hbond substituents is 1. The van der Waals surface area contributed by atoms with Gasteiger partial charge in [-0.3, -0.25) is 29.5 Å². The Kier molecular flexibility index (Phi) is 12.6. The summed E-state index contributed by atoms with van der Waals surface area (Å²) in [4.78, 5) is 46.9. The molecule has 0 spiro atoms. The summed E-state index contributed by atoms with van der Waals surface area (Å²) in [6.45, 7) is 12.5. The predicted octanol–water partition coefficient (Wildman–Crippen LogP) is 7.11. The number of hydrogen-bond acceptors (Lipinski definition) is 11. The molecule has 2 N–H and O–H groups in total. The molecule has 0 aromatic heterocycles. The van der Waals surface area contributed by atoms with Crippen LogP contribution in [0.5, 0.6) is 23.0 Å². The van der Waals surface area contributed by atoms with Gasteiger partial charge in [0.25, 0.3) is 5.91 Å². The van der Waals surface area contributed by atoms with E-state index in [1.807, 2.05) is 54.6 Å². The van der Waals surface area contributed by atoms with Crippen molar-refractivity contribution >= 4 is 44.0 Å². The van der Waals surface area contributed by atoms with E-state index < -0.39 is 15.9 Å². The summed E-state index contributed by atoms with van der Waals surface area (Å²) in [7, 11) is -3.34. The molecule has 4 heterocycles. The van der Waals surface area contributed by atoms with Crippen molar-refractivity contribution in [1.82, 2.24) is 20.0 Å². The standard InChI is InChI=1S/C51H57N5O8S/c1-33-31-55(26-23-53-21-24-54(25-22-53)39-8-4-38-32-56(51(60)46(38)30-39)47-18-19-48(58)52-50(47)59)34(2)28-36(33)20-27-63-41-10-12-42(13-11-41)64-49-44(16-7-37-29-40(57)9-17-45(37)49)35-5-14-43(15-6-35)65(3,61)62/h4-17,29-30,33-34,36,47,57H,18-28,31-32H2,1-3H3,(H,52,58,59)/t33-,34-,36?,47?/m1/s1. The van der Waals surface area contributed by atoms with Gasteiger partial charge >= 0.3 is 0 Å². The fraction of sp³-hybridized carbons (Fsp3) is 0.392. The second-order valence-corrected chi connectivity index (χ2v) is 20.3. The van der Waals surface area contributed by atoms with Crippen molar-refractivity contribution < 1.29 is 37.4 Å². The number of sulfone groups is 1. The third kappa shape index (κ3) is 9.71. The van der Waals surface area contributed by atoms with Crippen molar-refractivity contribution in [2.75, 3.05) is 63.6 Å². The van der Waals surface area contributed by atoms with E-state index in [-0.39, 0.29) is 34.8 Å². The van der Waals surface area contributed by atoms with Crippen LogP contribution in [0.3, 0.4) is 0 Å². The lowest BCUT2D eigenvalue weighted by atomic mass is 9.81. The minimum absolute atomic E-state index is 0.135. The van der Waals surface area contributed by atoms with E-state index in [0.29, 0.717) is 54.5 Å². The molecule has 0 bridgehead atoms. The fourth-order valence-corrected chi connectivity index (χ4v) is 10.7. The number of carbonyl (C=O) groups is 3. The summed E-state index contributed by atoms with van der Waals surface area (Å²) in [5.41, 5.74) is 4.23. The number of piperazine rings is 1. The number of benzene rings is 5. The molecule has 3 fully saturated rings. The van der Waals surface area contributed by atoms with Crippen LogP contribution >= 0.6 is 0 Å². The number of likely N-dealkylation sites (tertiary alicyclic amines) is 1. The Bertz CT molecular complexity index is 2700. The minimum Gasteiger partial charge on any atom is -0.508 e. The van der Waals surface area contributed by atoms with Crippen LogP contribution in [-0.4, -0.2) is 117 Å². The normalized spacial score (nSPS) is 22.0. The summed E-state index contributed by atoms with van der Waals surface area (Å²) in [5.74, 6) is 2.48. The van der Waals surface area contributed by atoms with Crippen LogP contribution in [0.2, 0.25) is 0 Å². The first kappa shape index (κ1) is 44.3. The van der Waals surface area contributed by atoms with Gasteiger partial charge in [0.1, 0.15) is 29.0 Å². The average molecular weight is 900 g/mol. The van der Waals surface area contributed by atoms with Crippen LogP contribution < -0.4 is 19.7 Å². The van der Waals surface area contributed by atoms with Crippen LogP contribution in [0.15, 0.2) is 102 Å². The molecule has 5 aromatic rings. The molecule has 4 aliphatic rings. The van der Waals surface area contributed by atoms with E-state index in [1.54, 1.807) is 41.3 Å². The number of imide groups is 1. The smallest absolute Gasteiger partial charge is 0.255 e. The third-order valence-corrected chi connectivity index (χ3v) is 15.0. The Morgan fingerprint density at radius 2 is 1.57 bits per heavy atom. The zero-order valence-electron chi connectivity index (χ0n) is 37.2. The number of carbonyl (C=O) groups excluding carboxylic acids is 3. The second kappa shape index (κ2) is 18.5. The molecular weight excluding hydrogens is 843 g/mol. The number of ether oxygens (including phenoxy) is 2. The van der Waals surface area contributed by atoms with Crippen LogP contribution in [0, 0.1) is 11.8 Å². The van der Waals surface area contributed by atoms with Gasteiger partial charge in [0.2, 0.25) is 11.8 Å². The molecule has 340 valence electrons. The van der Waals surface area contributed by atoms with Crippen LogP contribution in [-0.2, 0) is 26.0 Å². The van der Waals surface area contributed by atoms with Crippen molar-refractivity contribution in [1.29, 1.82) is 0 Å². The van der Waals surface area contributed by atoms with Crippen LogP contribution in [0.25, 0.3) is 21.9 Å². The maximum atomic E-state index is 13.4. The van der Waals surface area contributed by atoms with Crippen molar-refractivity contribution in [3.05, 3.63) is 108 Å². The monoisotopic (exact) mass is 899 g/mol. The number of anilines is 1. The number of piperidine rings is 2. The van der Waals surface area contributed by atoms with Gasteiger partial charge in [-0.1, -0.05) is 31.2 Å². The van der Waals surface area contributed by atoms with E-state index in [1.165, 1.54) is 6.26 Å². The van der Waals surface area contributed by atoms with Crippen LogP contribution in [0.1, 0.15) is 55.5 Å². The van der Waals surface area contributed by atoms with E-state index in [4.69, 9.17) is 9.47 Å². The first-order valence-electron chi connectivity index (χ1n) is 22.7. The van der Waals surface area contributed by atoms with E-state index in [9.17, 15) is 27.9 Å². The van der Waals surface area contributed by atoms with Gasteiger partial charge in [-0.15, -0.1) is 0 Å². The summed E-state index contributed by atoms with van der Waals surface area (Å²) < 4.78 is 37.0. The Labute approximate surface area is 380 Å². The molecule has 0 saturated carbocycles. The topological polar surface area (TPSA) is 149 Å². The molecule has 3 saturated heterocycles. The molecule has 3 amide bonds. The highest BCUT2D eigenvalue weighted by molar-refractivity contribution is 7.90. The van der Waals surface area contributed by atoms with E-state index >= 15 is 0 Å². The fourth-order valence-electron chi connectivity index (χ4n) is 10.0. The molecule has 4 atom stereocenters. The second-order valence-electron chi connectivity index (χ2n) is 18.2. The maximum Gasteiger partial charge on any atom is 0.255 e. The number of fused-ring (bicyclic) bond motifs is 2. The van der Waals surface area contributed by atoms with Crippen LogP contribution in [0.4, 0.5) is 5.69 Å². The molecule has 5 aromatic carbocycles. The molecule has 4 aliphatic heterocycles. The number of hydrogen-bond donors (Lipinski definition) is 2. The molecule has 14 heteroatoms. The van der Waals surface area contributed by atoms with Gasteiger partial charge in [-0.05, 0) is 127 Å². The number of amides is 3. The number of nitrogens with one attached hydrogen (secondary N) is 1.